The van der Waals surface area contributed by atoms with E-state index in [1.165, 1.54) is 0 Å². The molecule has 0 aromatic heterocycles. The zero-order valence-corrected chi connectivity index (χ0v) is 8.60. The molecular weight excluding hydrogens is 168 g/mol. The fourth-order valence-corrected chi connectivity index (χ4v) is 1.22. The van der Waals surface area contributed by atoms with Crippen molar-refractivity contribution in [2.45, 2.75) is 25.7 Å². The third-order valence-electron chi connectivity index (χ3n) is 1.98. The van der Waals surface area contributed by atoms with Gasteiger partial charge in [-0.1, -0.05) is 60.8 Å². The molecule has 0 aliphatic heterocycles. The average Bonchev–Trinajstić information content (AvgIpc) is 2.22. The van der Waals surface area contributed by atoms with Crippen LogP contribution in [0.2, 0.25) is 0 Å². The minimum atomic E-state index is 1.03. The van der Waals surface area contributed by atoms with Gasteiger partial charge in [0, 0.05) is 0 Å². The highest BCUT2D eigenvalue weighted by atomic mass is 13.8. The van der Waals surface area contributed by atoms with Crippen LogP contribution in [0.5, 0.6) is 0 Å². The van der Waals surface area contributed by atoms with Gasteiger partial charge < -0.3 is 0 Å². The molecule has 74 valence electrons. The van der Waals surface area contributed by atoms with Crippen LogP contribution < -0.4 is 0 Å². The lowest BCUT2D eigenvalue weighted by Gasteiger charge is -1.87. The summed E-state index contributed by atoms with van der Waals surface area (Å²) >= 11 is 0. The van der Waals surface area contributed by atoms with E-state index >= 15 is 0 Å². The SMILES string of the molecule is C1=CC=CCCC=CCC=CCC=C1. The quantitative estimate of drug-likeness (QED) is 0.494. The lowest BCUT2D eigenvalue weighted by molar-refractivity contribution is 1.04. The van der Waals surface area contributed by atoms with Gasteiger partial charge in [-0.15, -0.1) is 0 Å². The second-order valence-corrected chi connectivity index (χ2v) is 3.23. The molecule has 0 nitrogen and oxygen atoms in total. The van der Waals surface area contributed by atoms with Crippen LogP contribution in [-0.2, 0) is 0 Å². The molecule has 0 spiro atoms. The molecule has 0 saturated carbocycles. The zero-order chi connectivity index (χ0) is 9.90. The van der Waals surface area contributed by atoms with Gasteiger partial charge in [0.05, 0.1) is 0 Å². The number of hydrogen-bond donors (Lipinski definition) is 0. The molecule has 1 rings (SSSR count). The van der Waals surface area contributed by atoms with Gasteiger partial charge >= 0.3 is 0 Å². The molecule has 0 heterocycles. The molecule has 0 unspecified atom stereocenters. The molecule has 0 aromatic rings. The number of rotatable bonds is 0. The first kappa shape index (κ1) is 10.8. The van der Waals surface area contributed by atoms with Gasteiger partial charge in [-0.3, -0.25) is 0 Å². The lowest BCUT2D eigenvalue weighted by atomic mass is 10.2. The number of allylic oxidation sites excluding steroid dienone is 10. The maximum absolute atomic E-state index is 2.25. The van der Waals surface area contributed by atoms with E-state index in [0.29, 0.717) is 0 Å². The van der Waals surface area contributed by atoms with Crippen LogP contribution in [0.3, 0.4) is 0 Å². The Hall–Kier alpha value is -1.30. The van der Waals surface area contributed by atoms with Crippen molar-refractivity contribution < 1.29 is 0 Å². The monoisotopic (exact) mass is 186 g/mol. The zero-order valence-electron chi connectivity index (χ0n) is 8.60. The Balaban J connectivity index is 2.45. The molecule has 0 atom stereocenters. The Morgan fingerprint density at radius 3 is 1.86 bits per heavy atom. The summed E-state index contributed by atoms with van der Waals surface area (Å²) in [5, 5.41) is 0. The van der Waals surface area contributed by atoms with Crippen LogP contribution >= 0.6 is 0 Å². The summed E-state index contributed by atoms with van der Waals surface area (Å²) in [4.78, 5) is 0. The first-order chi connectivity index (χ1) is 7.00. The maximum atomic E-state index is 2.25. The van der Waals surface area contributed by atoms with E-state index in [0.717, 1.165) is 25.7 Å². The first-order valence-electron chi connectivity index (χ1n) is 5.28. The summed E-state index contributed by atoms with van der Waals surface area (Å²) in [5.41, 5.74) is 0. The second-order valence-electron chi connectivity index (χ2n) is 3.23. The molecule has 0 amide bonds. The van der Waals surface area contributed by atoms with Gasteiger partial charge in [-0.25, -0.2) is 0 Å². The third kappa shape index (κ3) is 6.24. The highest BCUT2D eigenvalue weighted by Crippen LogP contribution is 1.97. The Bertz CT molecular complexity index is 262. The van der Waals surface area contributed by atoms with Crippen LogP contribution in [0.15, 0.2) is 60.8 Å². The lowest BCUT2D eigenvalue weighted by Crippen LogP contribution is -1.66. The van der Waals surface area contributed by atoms with Gasteiger partial charge in [0.2, 0.25) is 0 Å². The molecule has 0 bridgehead atoms. The van der Waals surface area contributed by atoms with E-state index in [1.54, 1.807) is 0 Å². The normalized spacial score (nSPS) is 18.3. The van der Waals surface area contributed by atoms with E-state index in [1.807, 2.05) is 0 Å². The van der Waals surface area contributed by atoms with E-state index in [4.69, 9.17) is 0 Å². The Labute approximate surface area is 87.0 Å². The molecule has 1 aliphatic carbocycles. The highest BCUT2D eigenvalue weighted by Gasteiger charge is 1.77. The van der Waals surface area contributed by atoms with Crippen molar-refractivity contribution in [1.29, 1.82) is 0 Å². The number of hydrogen-bond acceptors (Lipinski definition) is 0. The first-order valence-corrected chi connectivity index (χ1v) is 5.28. The maximum Gasteiger partial charge on any atom is -0.0166 e. The Morgan fingerprint density at radius 2 is 1.00 bits per heavy atom. The van der Waals surface area contributed by atoms with Gasteiger partial charge in [0.25, 0.3) is 0 Å². The summed E-state index contributed by atoms with van der Waals surface area (Å²) in [6.45, 7) is 0. The van der Waals surface area contributed by atoms with E-state index < -0.39 is 0 Å². The second kappa shape index (κ2) is 8.31. The molecule has 0 N–H and O–H groups in total. The van der Waals surface area contributed by atoms with Crippen LogP contribution in [0.1, 0.15) is 25.7 Å². The van der Waals surface area contributed by atoms with Crippen molar-refractivity contribution in [3.63, 3.8) is 0 Å². The van der Waals surface area contributed by atoms with Crippen LogP contribution in [0.25, 0.3) is 0 Å². The van der Waals surface area contributed by atoms with E-state index in [-0.39, 0.29) is 0 Å². The largest absolute Gasteiger partial charge is 0.0879 e. The molecule has 0 saturated heterocycles. The third-order valence-corrected chi connectivity index (χ3v) is 1.98. The molecule has 0 fully saturated rings. The average molecular weight is 186 g/mol. The van der Waals surface area contributed by atoms with Crippen molar-refractivity contribution >= 4 is 0 Å². The van der Waals surface area contributed by atoms with Crippen molar-refractivity contribution in [3.8, 4) is 0 Å². The molecule has 14 heavy (non-hydrogen) atoms. The molecule has 0 heteroatoms. The van der Waals surface area contributed by atoms with Crippen molar-refractivity contribution in [1.82, 2.24) is 0 Å². The van der Waals surface area contributed by atoms with Crippen molar-refractivity contribution in [2.24, 2.45) is 0 Å². The van der Waals surface area contributed by atoms with Gasteiger partial charge in [0.1, 0.15) is 0 Å². The molecule has 1 aliphatic rings. The predicted octanol–water partition coefficient (Wildman–Crippen LogP) is 4.34. The summed E-state index contributed by atoms with van der Waals surface area (Å²) in [6, 6.07) is 0. The topological polar surface area (TPSA) is 0 Å². The van der Waals surface area contributed by atoms with Crippen LogP contribution in [0, 0.1) is 0 Å². The van der Waals surface area contributed by atoms with Gasteiger partial charge in [-0.05, 0) is 25.7 Å². The Kier molecular flexibility index (Phi) is 6.39. The molecule has 0 radical (unpaired) electrons. The highest BCUT2D eigenvalue weighted by molar-refractivity contribution is 5.12. The summed E-state index contributed by atoms with van der Waals surface area (Å²) in [5.74, 6) is 0. The summed E-state index contributed by atoms with van der Waals surface area (Å²) in [7, 11) is 0. The Morgan fingerprint density at radius 1 is 0.429 bits per heavy atom. The van der Waals surface area contributed by atoms with Crippen molar-refractivity contribution in [2.75, 3.05) is 0 Å². The van der Waals surface area contributed by atoms with Gasteiger partial charge in [0.15, 0.2) is 0 Å². The molecule has 0 aromatic carbocycles. The van der Waals surface area contributed by atoms with Crippen LogP contribution in [0.4, 0.5) is 0 Å². The minimum absolute atomic E-state index is 1.03. The fourth-order valence-electron chi connectivity index (χ4n) is 1.22. The van der Waals surface area contributed by atoms with Gasteiger partial charge in [-0.2, -0.15) is 0 Å². The van der Waals surface area contributed by atoms with Crippen molar-refractivity contribution in [3.05, 3.63) is 60.8 Å². The fraction of sp³-hybridized carbons (Fsp3) is 0.286. The van der Waals surface area contributed by atoms with E-state index in [9.17, 15) is 0 Å². The standard InChI is InChI=1S/C14H18/c1-2-4-6-8-10-12-14-13-11-9-7-5-3-1/h1-6,9,11-12,14H,7-8,10,13H2. The smallest absolute Gasteiger partial charge is 0.0166 e. The summed E-state index contributed by atoms with van der Waals surface area (Å²) in [6.07, 6.45) is 26.0. The van der Waals surface area contributed by atoms with Crippen LogP contribution in [-0.4, -0.2) is 0 Å². The molecular formula is C14H18. The summed E-state index contributed by atoms with van der Waals surface area (Å²) < 4.78 is 0. The van der Waals surface area contributed by atoms with E-state index in [2.05, 4.69) is 60.8 Å². The minimum Gasteiger partial charge on any atom is -0.0879 e. The predicted molar refractivity (Wildman–Crippen MR) is 64.2 cm³/mol.